The van der Waals surface area contributed by atoms with Crippen LogP contribution in [-0.2, 0) is 12.8 Å². The van der Waals surface area contributed by atoms with Gasteiger partial charge in [-0.1, -0.05) is 60.7 Å². The van der Waals surface area contributed by atoms with Crippen LogP contribution in [0.5, 0.6) is 0 Å². The molecule has 2 aromatic rings. The van der Waals surface area contributed by atoms with Crippen molar-refractivity contribution in [3.63, 3.8) is 0 Å². The van der Waals surface area contributed by atoms with E-state index in [1.807, 2.05) is 12.1 Å². The van der Waals surface area contributed by atoms with Crippen LogP contribution in [0.25, 0.3) is 0 Å². The van der Waals surface area contributed by atoms with Gasteiger partial charge >= 0.3 is 0 Å². The lowest BCUT2D eigenvalue weighted by molar-refractivity contribution is 0.565. The van der Waals surface area contributed by atoms with Crippen LogP contribution >= 0.6 is 11.6 Å². The van der Waals surface area contributed by atoms with E-state index < -0.39 is 0 Å². The number of hydrogen-bond acceptors (Lipinski definition) is 1. The molecule has 2 aromatic carbocycles. The maximum Gasteiger partial charge on any atom is 0.0377 e. The van der Waals surface area contributed by atoms with Gasteiger partial charge in [-0.3, -0.25) is 0 Å². The van der Waals surface area contributed by atoms with E-state index in [1.54, 1.807) is 0 Å². The van der Waals surface area contributed by atoms with Crippen molar-refractivity contribution < 1.29 is 0 Å². The summed E-state index contributed by atoms with van der Waals surface area (Å²) in [5, 5.41) is 0.166. The third-order valence-electron chi connectivity index (χ3n) is 3.49. The average molecular weight is 288 g/mol. The van der Waals surface area contributed by atoms with Gasteiger partial charge < -0.3 is 5.73 Å². The van der Waals surface area contributed by atoms with Gasteiger partial charge in [0.2, 0.25) is 0 Å². The van der Waals surface area contributed by atoms with Gasteiger partial charge in [-0.25, -0.2) is 0 Å². The Morgan fingerprint density at radius 2 is 1.25 bits per heavy atom. The topological polar surface area (TPSA) is 26.0 Å². The molecular formula is C18H22ClN. The number of alkyl halides is 1. The third kappa shape index (κ3) is 5.36. The van der Waals surface area contributed by atoms with Crippen molar-refractivity contribution in [3.8, 4) is 0 Å². The van der Waals surface area contributed by atoms with Crippen LogP contribution in [0.4, 0.5) is 0 Å². The van der Waals surface area contributed by atoms with Crippen molar-refractivity contribution in [3.05, 3.63) is 71.8 Å². The average Bonchev–Trinajstić information content (AvgIpc) is 2.47. The summed E-state index contributed by atoms with van der Waals surface area (Å²) in [6.45, 7) is 0. The highest BCUT2D eigenvalue weighted by molar-refractivity contribution is 6.20. The molecule has 20 heavy (non-hydrogen) atoms. The molecule has 0 saturated heterocycles. The summed E-state index contributed by atoms with van der Waals surface area (Å²) < 4.78 is 0. The molecule has 0 saturated carbocycles. The lowest BCUT2D eigenvalue weighted by Gasteiger charge is -2.14. The van der Waals surface area contributed by atoms with Gasteiger partial charge in [0.25, 0.3) is 0 Å². The van der Waals surface area contributed by atoms with Gasteiger partial charge in [-0.2, -0.15) is 0 Å². The van der Waals surface area contributed by atoms with E-state index in [0.29, 0.717) is 0 Å². The Morgan fingerprint density at radius 1 is 0.750 bits per heavy atom. The smallest absolute Gasteiger partial charge is 0.0377 e. The van der Waals surface area contributed by atoms with E-state index in [0.717, 1.165) is 25.7 Å². The molecule has 106 valence electrons. The molecule has 0 unspecified atom stereocenters. The first kappa shape index (κ1) is 15.1. The Labute approximate surface area is 126 Å². The zero-order valence-electron chi connectivity index (χ0n) is 11.7. The summed E-state index contributed by atoms with van der Waals surface area (Å²) >= 11 is 6.41. The molecule has 0 spiro atoms. The minimum atomic E-state index is 0.166. The number of halogens is 1. The predicted molar refractivity (Wildman–Crippen MR) is 87.1 cm³/mol. The highest BCUT2D eigenvalue weighted by Crippen LogP contribution is 2.15. The second-order valence-electron chi connectivity index (χ2n) is 5.31. The molecule has 2 rings (SSSR count). The van der Waals surface area contributed by atoms with E-state index >= 15 is 0 Å². The van der Waals surface area contributed by atoms with Gasteiger partial charge in [-0.15, -0.1) is 11.6 Å². The van der Waals surface area contributed by atoms with Crippen molar-refractivity contribution >= 4 is 11.6 Å². The molecular weight excluding hydrogens is 266 g/mol. The summed E-state index contributed by atoms with van der Waals surface area (Å²) in [5.41, 5.74) is 8.78. The summed E-state index contributed by atoms with van der Waals surface area (Å²) in [4.78, 5) is 0. The van der Waals surface area contributed by atoms with Gasteiger partial charge in [-0.05, 0) is 36.8 Å². The van der Waals surface area contributed by atoms with Gasteiger partial charge in [0.05, 0.1) is 0 Å². The zero-order chi connectivity index (χ0) is 14.2. The highest BCUT2D eigenvalue weighted by Gasteiger charge is 2.10. The molecule has 0 aliphatic carbocycles. The summed E-state index contributed by atoms with van der Waals surface area (Å²) in [6.07, 6.45) is 3.77. The Morgan fingerprint density at radius 3 is 1.80 bits per heavy atom. The van der Waals surface area contributed by atoms with Crippen LogP contribution in [-0.4, -0.2) is 11.4 Å². The van der Waals surface area contributed by atoms with Crippen LogP contribution in [0, 0.1) is 0 Å². The predicted octanol–water partition coefficient (Wildman–Crippen LogP) is 4.19. The Kier molecular flexibility index (Phi) is 6.10. The maximum atomic E-state index is 6.41. The molecule has 0 amide bonds. The van der Waals surface area contributed by atoms with Crippen molar-refractivity contribution in [1.82, 2.24) is 0 Å². The first-order valence-corrected chi connectivity index (χ1v) is 7.65. The quantitative estimate of drug-likeness (QED) is 0.759. The number of benzene rings is 2. The Hall–Kier alpha value is -1.31. The fourth-order valence-corrected chi connectivity index (χ4v) is 2.69. The molecule has 2 N–H and O–H groups in total. The third-order valence-corrected chi connectivity index (χ3v) is 3.86. The molecule has 2 heteroatoms. The number of hydrogen-bond donors (Lipinski definition) is 1. The standard InChI is InChI=1S/C18H22ClN/c19-17(13-15-7-3-1-4-8-15)11-12-18(20)14-16-9-5-2-6-10-16/h1-10,17-18H,11-14,20H2/t17-,18-/m1/s1. The first-order valence-electron chi connectivity index (χ1n) is 7.21. The molecule has 0 aromatic heterocycles. The van der Waals surface area contributed by atoms with Crippen molar-refractivity contribution in [2.75, 3.05) is 0 Å². The Balaban J connectivity index is 1.71. The van der Waals surface area contributed by atoms with Gasteiger partial charge in [0.1, 0.15) is 0 Å². The molecule has 2 atom stereocenters. The van der Waals surface area contributed by atoms with E-state index in [1.165, 1.54) is 11.1 Å². The molecule has 0 fully saturated rings. The van der Waals surface area contributed by atoms with Crippen LogP contribution in [0.15, 0.2) is 60.7 Å². The van der Waals surface area contributed by atoms with E-state index in [2.05, 4.69) is 48.5 Å². The van der Waals surface area contributed by atoms with Crippen LogP contribution in [0.2, 0.25) is 0 Å². The van der Waals surface area contributed by atoms with Crippen LogP contribution in [0.3, 0.4) is 0 Å². The number of rotatable bonds is 7. The number of nitrogens with two attached hydrogens (primary N) is 1. The van der Waals surface area contributed by atoms with Crippen LogP contribution < -0.4 is 5.73 Å². The Bertz CT molecular complexity index is 436. The lowest BCUT2D eigenvalue weighted by Crippen LogP contribution is -2.24. The molecule has 0 bridgehead atoms. The van der Waals surface area contributed by atoms with E-state index in [4.69, 9.17) is 17.3 Å². The molecule has 0 aliphatic heterocycles. The van der Waals surface area contributed by atoms with Gasteiger partial charge in [0, 0.05) is 11.4 Å². The summed E-state index contributed by atoms with van der Waals surface area (Å²) in [7, 11) is 0. The van der Waals surface area contributed by atoms with E-state index in [9.17, 15) is 0 Å². The zero-order valence-corrected chi connectivity index (χ0v) is 12.5. The summed E-state index contributed by atoms with van der Waals surface area (Å²) in [6, 6.07) is 21.0. The highest BCUT2D eigenvalue weighted by atomic mass is 35.5. The maximum absolute atomic E-state index is 6.41. The summed E-state index contributed by atoms with van der Waals surface area (Å²) in [5.74, 6) is 0. The second kappa shape index (κ2) is 8.08. The van der Waals surface area contributed by atoms with Crippen LogP contribution in [0.1, 0.15) is 24.0 Å². The second-order valence-corrected chi connectivity index (χ2v) is 5.93. The first-order chi connectivity index (χ1) is 9.74. The molecule has 0 radical (unpaired) electrons. The monoisotopic (exact) mass is 287 g/mol. The minimum Gasteiger partial charge on any atom is -0.327 e. The van der Waals surface area contributed by atoms with E-state index in [-0.39, 0.29) is 11.4 Å². The fraction of sp³-hybridized carbons (Fsp3) is 0.333. The lowest BCUT2D eigenvalue weighted by atomic mass is 9.99. The molecule has 0 heterocycles. The largest absolute Gasteiger partial charge is 0.327 e. The SMILES string of the molecule is N[C@H](CC[C@@H](Cl)Cc1ccccc1)Cc1ccccc1. The normalized spacial score (nSPS) is 13.9. The minimum absolute atomic E-state index is 0.166. The van der Waals surface area contributed by atoms with Crippen molar-refractivity contribution in [1.29, 1.82) is 0 Å². The fourth-order valence-electron chi connectivity index (χ4n) is 2.39. The van der Waals surface area contributed by atoms with Gasteiger partial charge in [0.15, 0.2) is 0 Å². The molecule has 1 nitrogen and oxygen atoms in total. The van der Waals surface area contributed by atoms with Crippen molar-refractivity contribution in [2.45, 2.75) is 37.1 Å². The van der Waals surface area contributed by atoms with Crippen molar-refractivity contribution in [2.24, 2.45) is 5.73 Å². The molecule has 0 aliphatic rings.